The Morgan fingerprint density at radius 1 is 1.08 bits per heavy atom. The van der Waals surface area contributed by atoms with E-state index in [4.69, 9.17) is 19.9 Å². The molecule has 0 saturated carbocycles. The van der Waals surface area contributed by atoms with E-state index in [1.165, 1.54) is 6.07 Å². The van der Waals surface area contributed by atoms with Gasteiger partial charge in [-0.05, 0) is 84.4 Å². The fourth-order valence-electron chi connectivity index (χ4n) is 4.21. The minimum atomic E-state index is -2.42. The van der Waals surface area contributed by atoms with Crippen molar-refractivity contribution < 1.29 is 27.8 Å². The van der Waals surface area contributed by atoms with Crippen molar-refractivity contribution in [3.63, 3.8) is 0 Å². The van der Waals surface area contributed by atoms with Crippen molar-refractivity contribution in [1.29, 1.82) is 0 Å². The standard InChI is InChI=1S/C28H35N3O6S/c1-6-36-27(32)15-21(20-12-22(29)28(30-4)25(14-20)35-5)19-9-8-18(3)23(13-19)31-16-37-24-11-17(2)7-10-26(24)38(33)34/h7-14,21,30-31H,6,15-16,29H2,1-5H3,(H,33,34)/p-1. The van der Waals surface area contributed by atoms with E-state index >= 15 is 0 Å². The molecule has 0 aliphatic rings. The molecule has 0 aliphatic carbocycles. The van der Waals surface area contributed by atoms with E-state index in [2.05, 4.69) is 10.6 Å². The molecule has 3 aromatic rings. The van der Waals surface area contributed by atoms with Crippen molar-refractivity contribution in [3.05, 3.63) is 70.8 Å². The van der Waals surface area contributed by atoms with Gasteiger partial charge in [0.05, 0.1) is 36.4 Å². The Morgan fingerprint density at radius 2 is 1.84 bits per heavy atom. The van der Waals surface area contributed by atoms with Crippen molar-refractivity contribution in [3.8, 4) is 11.5 Å². The number of carbonyl (C=O) groups excluding carboxylic acids is 1. The third-order valence-corrected chi connectivity index (χ3v) is 6.83. The molecule has 0 amide bonds. The van der Waals surface area contributed by atoms with Gasteiger partial charge < -0.3 is 35.1 Å². The number of benzene rings is 3. The first-order chi connectivity index (χ1) is 18.2. The first-order valence-corrected chi connectivity index (χ1v) is 13.2. The number of carbonyl (C=O) groups is 1. The van der Waals surface area contributed by atoms with Crippen LogP contribution in [0.4, 0.5) is 17.1 Å². The third kappa shape index (κ3) is 6.96. The van der Waals surface area contributed by atoms with Gasteiger partial charge in [-0.3, -0.25) is 9.00 Å². The molecule has 0 spiro atoms. The summed E-state index contributed by atoms with van der Waals surface area (Å²) in [6, 6.07) is 14.5. The van der Waals surface area contributed by atoms with Crippen molar-refractivity contribution in [2.75, 3.05) is 43.9 Å². The van der Waals surface area contributed by atoms with Crippen LogP contribution in [-0.2, 0) is 20.6 Å². The van der Waals surface area contributed by atoms with Gasteiger partial charge in [0.1, 0.15) is 11.5 Å². The number of hydrogen-bond acceptors (Lipinski definition) is 9. The highest BCUT2D eigenvalue weighted by Crippen LogP contribution is 2.39. The number of nitrogens with two attached hydrogens (primary N) is 1. The highest BCUT2D eigenvalue weighted by atomic mass is 32.2. The fourth-order valence-corrected chi connectivity index (χ4v) is 4.67. The quantitative estimate of drug-likeness (QED) is 0.129. The number of ether oxygens (including phenoxy) is 3. The highest BCUT2D eigenvalue weighted by molar-refractivity contribution is 7.79. The van der Waals surface area contributed by atoms with E-state index in [1.54, 1.807) is 33.2 Å². The molecule has 2 atom stereocenters. The van der Waals surface area contributed by atoms with Gasteiger partial charge in [0.15, 0.2) is 6.73 Å². The third-order valence-electron chi connectivity index (χ3n) is 6.14. The van der Waals surface area contributed by atoms with Gasteiger partial charge in [-0.25, -0.2) is 0 Å². The molecule has 3 rings (SSSR count). The predicted octanol–water partition coefficient (Wildman–Crippen LogP) is 4.71. The molecule has 0 aromatic heterocycles. The first-order valence-electron chi connectivity index (χ1n) is 12.2. The van der Waals surface area contributed by atoms with Gasteiger partial charge in [0.25, 0.3) is 0 Å². The Hall–Kier alpha value is -3.76. The second-order valence-electron chi connectivity index (χ2n) is 8.72. The summed E-state index contributed by atoms with van der Waals surface area (Å²) in [5.74, 6) is 0.153. The number of aryl methyl sites for hydroxylation is 2. The van der Waals surface area contributed by atoms with Gasteiger partial charge in [0, 0.05) is 18.7 Å². The van der Waals surface area contributed by atoms with Gasteiger partial charge in [0.2, 0.25) is 0 Å². The van der Waals surface area contributed by atoms with Crippen LogP contribution in [0.5, 0.6) is 11.5 Å². The lowest BCUT2D eigenvalue weighted by atomic mass is 9.87. The highest BCUT2D eigenvalue weighted by Gasteiger charge is 2.23. The molecule has 9 nitrogen and oxygen atoms in total. The van der Waals surface area contributed by atoms with Crippen LogP contribution in [0.25, 0.3) is 0 Å². The summed E-state index contributed by atoms with van der Waals surface area (Å²) >= 11 is -2.42. The molecule has 0 radical (unpaired) electrons. The van der Waals surface area contributed by atoms with Crippen molar-refractivity contribution in [2.24, 2.45) is 0 Å². The lowest BCUT2D eigenvalue weighted by Crippen LogP contribution is -2.14. The summed E-state index contributed by atoms with van der Waals surface area (Å²) in [6.45, 7) is 5.90. The largest absolute Gasteiger partial charge is 0.768 e. The zero-order valence-electron chi connectivity index (χ0n) is 22.3. The molecule has 10 heteroatoms. The van der Waals surface area contributed by atoms with Crippen LogP contribution in [0.15, 0.2) is 53.4 Å². The Labute approximate surface area is 226 Å². The van der Waals surface area contributed by atoms with E-state index < -0.39 is 11.1 Å². The first kappa shape index (κ1) is 28.8. The van der Waals surface area contributed by atoms with E-state index in [0.29, 0.717) is 17.1 Å². The number of nitrogens with one attached hydrogen (secondary N) is 2. The normalized spacial score (nSPS) is 12.4. The number of hydrogen-bond donors (Lipinski definition) is 3. The van der Waals surface area contributed by atoms with Crippen LogP contribution >= 0.6 is 0 Å². The molecule has 38 heavy (non-hydrogen) atoms. The second-order valence-corrected chi connectivity index (χ2v) is 9.63. The summed E-state index contributed by atoms with van der Waals surface area (Å²) in [5, 5.41) is 6.27. The zero-order chi connectivity index (χ0) is 27.8. The average molecular weight is 541 g/mol. The molecule has 0 aliphatic heterocycles. The minimum absolute atomic E-state index is 0.0398. The van der Waals surface area contributed by atoms with Gasteiger partial charge in [-0.15, -0.1) is 0 Å². The number of anilines is 3. The molecule has 3 aromatic carbocycles. The summed E-state index contributed by atoms with van der Waals surface area (Å²) in [6.07, 6.45) is 0.107. The number of esters is 1. The monoisotopic (exact) mass is 540 g/mol. The van der Waals surface area contributed by atoms with E-state index in [1.807, 2.05) is 44.2 Å². The van der Waals surface area contributed by atoms with E-state index in [0.717, 1.165) is 27.9 Å². The Kier molecular flexibility index (Phi) is 9.98. The summed E-state index contributed by atoms with van der Waals surface area (Å²) < 4.78 is 39.7. The summed E-state index contributed by atoms with van der Waals surface area (Å²) in [5.41, 5.74) is 11.8. The van der Waals surface area contributed by atoms with Crippen molar-refractivity contribution >= 4 is 34.1 Å². The van der Waals surface area contributed by atoms with Crippen LogP contribution in [0.2, 0.25) is 0 Å². The predicted molar refractivity (Wildman–Crippen MR) is 149 cm³/mol. The van der Waals surface area contributed by atoms with Crippen LogP contribution < -0.4 is 25.8 Å². The average Bonchev–Trinajstić information content (AvgIpc) is 2.88. The molecule has 0 heterocycles. The number of methoxy groups -OCH3 is 1. The molecule has 0 bridgehead atoms. The summed E-state index contributed by atoms with van der Waals surface area (Å²) in [7, 11) is 3.33. The molecule has 4 N–H and O–H groups in total. The van der Waals surface area contributed by atoms with Crippen molar-refractivity contribution in [1.82, 2.24) is 0 Å². The van der Waals surface area contributed by atoms with Crippen LogP contribution in [0.1, 0.15) is 41.5 Å². The lowest BCUT2D eigenvalue weighted by Gasteiger charge is -2.22. The number of rotatable bonds is 12. The molecule has 204 valence electrons. The lowest BCUT2D eigenvalue weighted by molar-refractivity contribution is -0.143. The molecular weight excluding hydrogens is 506 g/mol. The van der Waals surface area contributed by atoms with Crippen LogP contribution in [0, 0.1) is 13.8 Å². The Morgan fingerprint density at radius 3 is 2.50 bits per heavy atom. The molecule has 0 fully saturated rings. The summed E-state index contributed by atoms with van der Waals surface area (Å²) in [4.78, 5) is 12.7. The maximum absolute atomic E-state index is 12.6. The molecular formula is C28H34N3O6S-. The second kappa shape index (κ2) is 13.2. The fraction of sp³-hybridized carbons (Fsp3) is 0.321. The van der Waals surface area contributed by atoms with E-state index in [-0.39, 0.29) is 42.3 Å². The van der Waals surface area contributed by atoms with Crippen molar-refractivity contribution in [2.45, 2.75) is 38.0 Å². The zero-order valence-corrected chi connectivity index (χ0v) is 23.1. The maximum Gasteiger partial charge on any atom is 0.306 e. The van der Waals surface area contributed by atoms with Crippen LogP contribution in [-0.4, -0.2) is 42.2 Å². The van der Waals surface area contributed by atoms with Gasteiger partial charge >= 0.3 is 5.97 Å². The van der Waals surface area contributed by atoms with Gasteiger partial charge in [-0.2, -0.15) is 0 Å². The van der Waals surface area contributed by atoms with Gasteiger partial charge in [-0.1, -0.05) is 18.2 Å². The van der Waals surface area contributed by atoms with E-state index in [9.17, 15) is 13.6 Å². The van der Waals surface area contributed by atoms with Crippen LogP contribution in [0.3, 0.4) is 0 Å². The minimum Gasteiger partial charge on any atom is -0.768 e. The Balaban J connectivity index is 1.93. The maximum atomic E-state index is 12.6. The Bertz CT molecular complexity index is 1310. The molecule has 0 saturated heterocycles. The topological polar surface area (TPSA) is 135 Å². The smallest absolute Gasteiger partial charge is 0.306 e. The SMILES string of the molecule is CCOC(=O)CC(c1ccc(C)c(NCOc2cc(C)ccc2S(=O)[O-])c1)c1cc(N)c(NC)c(OC)c1. The number of nitrogen functional groups attached to an aromatic ring is 1. The molecule has 2 unspecified atom stereocenters.